The highest BCUT2D eigenvalue weighted by Gasteiger charge is 2.09. The lowest BCUT2D eigenvalue weighted by Crippen LogP contribution is -2.02. The number of aliphatic carboxylic acids is 1. The molecule has 0 atom stereocenters. The minimum Gasteiger partial charge on any atom is -0.508 e. The fourth-order valence-electron chi connectivity index (χ4n) is 1.02. The molecule has 0 aromatic heterocycles. The molecular weight excluding hydrogens is 184 g/mol. The van der Waals surface area contributed by atoms with E-state index < -0.39 is 5.97 Å². The van der Waals surface area contributed by atoms with Crippen LogP contribution in [0.15, 0.2) is 30.4 Å². The van der Waals surface area contributed by atoms with Crippen molar-refractivity contribution in [3.63, 3.8) is 0 Å². The van der Waals surface area contributed by atoms with Crippen molar-refractivity contribution in [2.45, 2.75) is 6.42 Å². The topological polar surface area (TPSA) is 77.8 Å². The monoisotopic (exact) mass is 194 g/mol. The van der Waals surface area contributed by atoms with Crippen LogP contribution in [0.4, 0.5) is 0 Å². The number of hydrogen-bond acceptors (Lipinski definition) is 3. The summed E-state index contributed by atoms with van der Waals surface area (Å²) in [6.07, 6.45) is 0.00949. The highest BCUT2D eigenvalue weighted by molar-refractivity contribution is 5.86. The zero-order valence-corrected chi connectivity index (χ0v) is 7.40. The number of phenolic OH excluding ortho intramolecular Hbond substituents is 2. The van der Waals surface area contributed by atoms with Crippen molar-refractivity contribution in [1.29, 1.82) is 0 Å². The molecule has 0 spiro atoms. The maximum absolute atomic E-state index is 10.5. The van der Waals surface area contributed by atoms with Gasteiger partial charge in [-0.15, -0.1) is 0 Å². The number of rotatable bonds is 3. The van der Waals surface area contributed by atoms with Crippen molar-refractivity contribution in [2.75, 3.05) is 0 Å². The highest BCUT2D eigenvalue weighted by Crippen LogP contribution is 2.24. The maximum Gasteiger partial charge on any atom is 0.331 e. The number of carboxylic acids is 1. The van der Waals surface area contributed by atoms with Gasteiger partial charge in [-0.25, -0.2) is 4.79 Å². The van der Waals surface area contributed by atoms with Crippen LogP contribution in [0.5, 0.6) is 11.5 Å². The number of carbonyl (C=O) groups is 1. The van der Waals surface area contributed by atoms with Crippen molar-refractivity contribution >= 4 is 5.97 Å². The van der Waals surface area contributed by atoms with Gasteiger partial charge in [-0.3, -0.25) is 0 Å². The third-order valence-corrected chi connectivity index (χ3v) is 1.77. The molecule has 0 saturated carbocycles. The van der Waals surface area contributed by atoms with Gasteiger partial charge in [0.25, 0.3) is 0 Å². The minimum atomic E-state index is -1.12. The molecule has 4 nitrogen and oxygen atoms in total. The molecule has 0 heterocycles. The van der Waals surface area contributed by atoms with Crippen molar-refractivity contribution in [3.05, 3.63) is 35.9 Å². The first-order valence-corrected chi connectivity index (χ1v) is 3.92. The Morgan fingerprint density at radius 2 is 2.00 bits per heavy atom. The van der Waals surface area contributed by atoms with Gasteiger partial charge in [0.05, 0.1) is 0 Å². The van der Waals surface area contributed by atoms with E-state index in [0.29, 0.717) is 5.56 Å². The minimum absolute atomic E-state index is 0.00949. The van der Waals surface area contributed by atoms with Crippen molar-refractivity contribution in [2.24, 2.45) is 0 Å². The first kappa shape index (κ1) is 10.1. The maximum atomic E-state index is 10.5. The molecule has 4 heteroatoms. The van der Waals surface area contributed by atoms with E-state index in [4.69, 9.17) is 10.2 Å². The van der Waals surface area contributed by atoms with Crippen LogP contribution in [0.25, 0.3) is 0 Å². The van der Waals surface area contributed by atoms with Crippen LogP contribution in [0.2, 0.25) is 0 Å². The van der Waals surface area contributed by atoms with Gasteiger partial charge in [-0.05, 0) is 18.2 Å². The van der Waals surface area contributed by atoms with Gasteiger partial charge in [-0.1, -0.05) is 6.58 Å². The largest absolute Gasteiger partial charge is 0.508 e. The zero-order valence-electron chi connectivity index (χ0n) is 7.40. The molecule has 0 bridgehead atoms. The zero-order chi connectivity index (χ0) is 10.7. The van der Waals surface area contributed by atoms with Crippen molar-refractivity contribution in [1.82, 2.24) is 0 Å². The molecule has 0 saturated heterocycles. The number of carboxylic acid groups (broad SMARTS) is 1. The lowest BCUT2D eigenvalue weighted by Gasteiger charge is -2.04. The average Bonchev–Trinajstić information content (AvgIpc) is 2.11. The van der Waals surface area contributed by atoms with Crippen LogP contribution < -0.4 is 0 Å². The van der Waals surface area contributed by atoms with E-state index in [9.17, 15) is 9.90 Å². The van der Waals surface area contributed by atoms with Gasteiger partial charge < -0.3 is 15.3 Å². The van der Waals surface area contributed by atoms with Crippen molar-refractivity contribution < 1.29 is 20.1 Å². The fraction of sp³-hybridized carbons (Fsp3) is 0.100. The molecule has 1 aromatic rings. The second kappa shape index (κ2) is 3.83. The van der Waals surface area contributed by atoms with E-state index in [1.807, 2.05) is 0 Å². The number of benzene rings is 1. The quantitative estimate of drug-likeness (QED) is 0.500. The Morgan fingerprint density at radius 3 is 2.57 bits per heavy atom. The van der Waals surface area contributed by atoms with E-state index in [1.165, 1.54) is 18.2 Å². The van der Waals surface area contributed by atoms with E-state index in [2.05, 4.69) is 6.58 Å². The van der Waals surface area contributed by atoms with E-state index in [1.54, 1.807) is 0 Å². The molecule has 0 unspecified atom stereocenters. The summed E-state index contributed by atoms with van der Waals surface area (Å²) in [7, 11) is 0. The summed E-state index contributed by atoms with van der Waals surface area (Å²) in [5, 5.41) is 27.0. The Hall–Kier alpha value is -1.97. The first-order valence-electron chi connectivity index (χ1n) is 3.92. The van der Waals surface area contributed by atoms with Gasteiger partial charge >= 0.3 is 5.97 Å². The van der Waals surface area contributed by atoms with Crippen LogP contribution in [0, 0.1) is 0 Å². The molecule has 0 aliphatic rings. The molecule has 74 valence electrons. The van der Waals surface area contributed by atoms with Gasteiger partial charge in [0, 0.05) is 17.6 Å². The Bertz CT molecular complexity index is 382. The third-order valence-electron chi connectivity index (χ3n) is 1.77. The lowest BCUT2D eigenvalue weighted by atomic mass is 10.1. The Morgan fingerprint density at radius 1 is 1.36 bits per heavy atom. The first-order chi connectivity index (χ1) is 6.50. The summed E-state index contributed by atoms with van der Waals surface area (Å²) in [6.45, 7) is 3.33. The molecule has 3 N–H and O–H groups in total. The third kappa shape index (κ3) is 2.26. The summed E-state index contributed by atoms with van der Waals surface area (Å²) in [4.78, 5) is 10.5. The molecule has 0 amide bonds. The van der Waals surface area contributed by atoms with Crippen LogP contribution in [0.1, 0.15) is 5.56 Å². The molecule has 0 aliphatic carbocycles. The summed E-state index contributed by atoms with van der Waals surface area (Å²) >= 11 is 0. The van der Waals surface area contributed by atoms with Crippen LogP contribution >= 0.6 is 0 Å². The second-order valence-electron chi connectivity index (χ2n) is 2.90. The molecule has 0 radical (unpaired) electrons. The van der Waals surface area contributed by atoms with Crippen LogP contribution in [0.3, 0.4) is 0 Å². The standard InChI is InChI=1S/C10H10O4/c1-6(10(13)14)4-7-5-8(11)2-3-9(7)12/h2-3,5,11-12H,1,4H2,(H,13,14). The molecule has 14 heavy (non-hydrogen) atoms. The van der Waals surface area contributed by atoms with Crippen LogP contribution in [-0.2, 0) is 11.2 Å². The fourth-order valence-corrected chi connectivity index (χ4v) is 1.02. The highest BCUT2D eigenvalue weighted by atomic mass is 16.4. The van der Waals surface area contributed by atoms with Crippen LogP contribution in [-0.4, -0.2) is 21.3 Å². The lowest BCUT2D eigenvalue weighted by molar-refractivity contribution is -0.132. The van der Waals surface area contributed by atoms with Gasteiger partial charge in [0.15, 0.2) is 0 Å². The van der Waals surface area contributed by atoms with Gasteiger partial charge in [0.1, 0.15) is 11.5 Å². The molecule has 0 fully saturated rings. The number of aromatic hydroxyl groups is 2. The van der Waals surface area contributed by atoms with Gasteiger partial charge in [-0.2, -0.15) is 0 Å². The Labute approximate surface area is 80.7 Å². The predicted molar refractivity (Wildman–Crippen MR) is 50.3 cm³/mol. The SMILES string of the molecule is C=C(Cc1cc(O)ccc1O)C(=O)O. The smallest absolute Gasteiger partial charge is 0.331 e. The van der Waals surface area contributed by atoms with E-state index >= 15 is 0 Å². The van der Waals surface area contributed by atoms with E-state index in [0.717, 1.165) is 0 Å². The summed E-state index contributed by atoms with van der Waals surface area (Å²) < 4.78 is 0. The molecule has 1 aromatic carbocycles. The summed E-state index contributed by atoms with van der Waals surface area (Å²) in [5.41, 5.74) is 0.309. The van der Waals surface area contributed by atoms with Gasteiger partial charge in [0.2, 0.25) is 0 Å². The van der Waals surface area contributed by atoms with E-state index in [-0.39, 0.29) is 23.5 Å². The second-order valence-corrected chi connectivity index (χ2v) is 2.90. The Balaban J connectivity index is 2.91. The van der Waals surface area contributed by atoms with Crippen molar-refractivity contribution in [3.8, 4) is 11.5 Å². The Kier molecular flexibility index (Phi) is 2.76. The normalized spacial score (nSPS) is 9.71. The molecule has 0 aliphatic heterocycles. The predicted octanol–water partition coefficient (Wildman–Crippen LogP) is 1.28. The number of phenols is 2. The summed E-state index contributed by atoms with van der Waals surface area (Å²) in [6, 6.07) is 3.94. The molecule has 1 rings (SSSR count). The molecular formula is C10H10O4. The summed E-state index contributed by atoms with van der Waals surface area (Å²) in [5.74, 6) is -1.19. The average molecular weight is 194 g/mol. The number of hydrogen-bond donors (Lipinski definition) is 3.